The summed E-state index contributed by atoms with van der Waals surface area (Å²) in [5, 5.41) is 4.14. The van der Waals surface area contributed by atoms with Crippen molar-refractivity contribution < 1.29 is 9.53 Å². The van der Waals surface area contributed by atoms with Gasteiger partial charge in [-0.05, 0) is 94.5 Å². The predicted octanol–water partition coefficient (Wildman–Crippen LogP) is 6.72. The van der Waals surface area contributed by atoms with E-state index < -0.39 is 0 Å². The van der Waals surface area contributed by atoms with E-state index in [1.807, 2.05) is 42.5 Å². The maximum atomic E-state index is 12.7. The summed E-state index contributed by atoms with van der Waals surface area (Å²) in [4.78, 5) is 12.7. The molecule has 1 aromatic heterocycles. The quantitative estimate of drug-likeness (QED) is 0.109. The van der Waals surface area contributed by atoms with Crippen LogP contribution in [0.3, 0.4) is 0 Å². The number of aromatic nitrogens is 1. The Kier molecular flexibility index (Phi) is 8.40. The van der Waals surface area contributed by atoms with Crippen LogP contribution in [0.5, 0.6) is 5.75 Å². The first kappa shape index (κ1) is 25.7. The van der Waals surface area contributed by atoms with E-state index in [1.165, 1.54) is 0 Å². The number of benzene rings is 3. The Labute approximate surface area is 225 Å². The van der Waals surface area contributed by atoms with Crippen LogP contribution in [-0.4, -0.2) is 23.3 Å². The summed E-state index contributed by atoms with van der Waals surface area (Å²) in [5.41, 5.74) is 9.14. The third-order valence-corrected chi connectivity index (χ3v) is 6.31. The molecular formula is C31H26BrN3O2. The highest BCUT2D eigenvalue weighted by atomic mass is 79.9. The van der Waals surface area contributed by atoms with Gasteiger partial charge in [0.15, 0.2) is 0 Å². The molecule has 0 unspecified atom stereocenters. The number of terminal acetylenes is 1. The summed E-state index contributed by atoms with van der Waals surface area (Å²) in [6.45, 7) is 6.03. The number of hydrogen-bond donors (Lipinski definition) is 1. The van der Waals surface area contributed by atoms with Gasteiger partial charge in [-0.15, -0.1) is 13.0 Å². The summed E-state index contributed by atoms with van der Waals surface area (Å²) in [7, 11) is 0. The maximum Gasteiger partial charge on any atom is 0.271 e. The summed E-state index contributed by atoms with van der Waals surface area (Å²) in [6.07, 6.45) is 9.30. The molecule has 0 saturated carbocycles. The SMILES string of the molecule is C#CCOc1c(Br)cc(/C=N/NC(=O)c2ccc(-n3c(C)ccc3-c3ccccc3)cc2)cc1CC=C. The summed E-state index contributed by atoms with van der Waals surface area (Å²) >= 11 is 3.52. The van der Waals surface area contributed by atoms with E-state index in [1.54, 1.807) is 24.4 Å². The van der Waals surface area contributed by atoms with Crippen LogP contribution in [-0.2, 0) is 6.42 Å². The van der Waals surface area contributed by atoms with Crippen molar-refractivity contribution in [2.24, 2.45) is 5.10 Å². The zero-order valence-electron chi connectivity index (χ0n) is 20.4. The van der Waals surface area contributed by atoms with Crippen LogP contribution in [0.1, 0.15) is 27.2 Å². The number of aryl methyl sites for hydroxylation is 1. The number of nitrogens with zero attached hydrogens (tertiary/aromatic N) is 2. The number of allylic oxidation sites excluding steroid dienone is 1. The Morgan fingerprint density at radius 2 is 1.89 bits per heavy atom. The lowest BCUT2D eigenvalue weighted by atomic mass is 10.1. The van der Waals surface area contributed by atoms with Crippen LogP contribution in [0.2, 0.25) is 0 Å². The third-order valence-electron chi connectivity index (χ3n) is 5.72. The van der Waals surface area contributed by atoms with Crippen molar-refractivity contribution >= 4 is 28.1 Å². The second-order valence-corrected chi connectivity index (χ2v) is 9.14. The predicted molar refractivity (Wildman–Crippen MR) is 153 cm³/mol. The molecule has 0 fully saturated rings. The Balaban J connectivity index is 1.48. The van der Waals surface area contributed by atoms with Crippen LogP contribution >= 0.6 is 15.9 Å². The molecule has 0 bridgehead atoms. The van der Waals surface area contributed by atoms with Crippen molar-refractivity contribution in [3.63, 3.8) is 0 Å². The molecule has 0 atom stereocenters. The van der Waals surface area contributed by atoms with E-state index >= 15 is 0 Å². The van der Waals surface area contributed by atoms with Gasteiger partial charge in [-0.2, -0.15) is 5.10 Å². The van der Waals surface area contributed by atoms with Crippen LogP contribution in [0.4, 0.5) is 0 Å². The van der Waals surface area contributed by atoms with Gasteiger partial charge in [0.1, 0.15) is 12.4 Å². The van der Waals surface area contributed by atoms with E-state index in [2.05, 4.69) is 74.7 Å². The number of hydrazone groups is 1. The molecule has 1 N–H and O–H groups in total. The van der Waals surface area contributed by atoms with Gasteiger partial charge in [-0.25, -0.2) is 5.43 Å². The van der Waals surface area contributed by atoms with Crippen molar-refractivity contribution in [1.82, 2.24) is 9.99 Å². The standard InChI is InChI=1S/C31H26BrN3O2/c1-4-9-26-19-23(20-28(32)30(26)37-18-5-2)21-33-34-31(36)25-13-15-27(16-14-25)35-22(3)12-17-29(35)24-10-7-6-8-11-24/h2,4,6-8,10-17,19-21H,1,9,18H2,3H3,(H,34,36)/b33-21+. The van der Waals surface area contributed by atoms with E-state index in [0.717, 1.165) is 38.2 Å². The second-order valence-electron chi connectivity index (χ2n) is 8.28. The first-order chi connectivity index (χ1) is 18.0. The molecule has 6 heteroatoms. The summed E-state index contributed by atoms with van der Waals surface area (Å²) in [6, 6.07) is 25.7. The minimum Gasteiger partial charge on any atom is -0.479 e. The molecule has 4 aromatic rings. The fraction of sp³-hybridized carbons (Fsp3) is 0.0968. The number of nitrogens with one attached hydrogen (secondary N) is 1. The first-order valence-electron chi connectivity index (χ1n) is 11.7. The van der Waals surface area contributed by atoms with Gasteiger partial charge in [0, 0.05) is 16.9 Å². The third kappa shape index (κ3) is 6.08. The van der Waals surface area contributed by atoms with Crippen molar-refractivity contribution in [1.29, 1.82) is 0 Å². The van der Waals surface area contributed by atoms with Crippen molar-refractivity contribution in [2.75, 3.05) is 6.61 Å². The Hall–Kier alpha value is -4.34. The monoisotopic (exact) mass is 551 g/mol. The lowest BCUT2D eigenvalue weighted by molar-refractivity contribution is 0.0955. The molecule has 4 rings (SSSR count). The average molecular weight is 552 g/mol. The van der Waals surface area contributed by atoms with Gasteiger partial charge in [-0.3, -0.25) is 4.79 Å². The van der Waals surface area contributed by atoms with Gasteiger partial charge in [0.05, 0.1) is 16.4 Å². The molecular weight excluding hydrogens is 526 g/mol. The van der Waals surface area contributed by atoms with Crippen LogP contribution < -0.4 is 10.2 Å². The number of hydrogen-bond acceptors (Lipinski definition) is 3. The molecule has 0 spiro atoms. The number of carbonyl (C=O) groups is 1. The summed E-state index contributed by atoms with van der Waals surface area (Å²) < 4.78 is 8.58. The molecule has 0 aliphatic heterocycles. The highest BCUT2D eigenvalue weighted by Gasteiger charge is 2.12. The maximum absolute atomic E-state index is 12.7. The van der Waals surface area contributed by atoms with Crippen molar-refractivity contribution in [3.05, 3.63) is 118 Å². The zero-order chi connectivity index (χ0) is 26.2. The highest BCUT2D eigenvalue weighted by molar-refractivity contribution is 9.10. The van der Waals surface area contributed by atoms with Gasteiger partial charge in [0.2, 0.25) is 0 Å². The minimum absolute atomic E-state index is 0.169. The molecule has 1 heterocycles. The van der Waals surface area contributed by atoms with Gasteiger partial charge in [-0.1, -0.05) is 42.3 Å². The number of halogens is 1. The minimum atomic E-state index is -0.297. The zero-order valence-corrected chi connectivity index (χ0v) is 22.0. The molecule has 0 saturated heterocycles. The molecule has 1 amide bonds. The second kappa shape index (κ2) is 12.1. The fourth-order valence-corrected chi connectivity index (χ4v) is 4.67. The topological polar surface area (TPSA) is 55.6 Å². The van der Waals surface area contributed by atoms with E-state index in [-0.39, 0.29) is 12.5 Å². The van der Waals surface area contributed by atoms with Gasteiger partial charge in [0.25, 0.3) is 5.91 Å². The lowest BCUT2D eigenvalue weighted by Gasteiger charge is -2.13. The number of carbonyl (C=O) groups excluding carboxylic acids is 1. The largest absolute Gasteiger partial charge is 0.479 e. The molecule has 0 aliphatic carbocycles. The lowest BCUT2D eigenvalue weighted by Crippen LogP contribution is -2.17. The number of rotatable bonds is 9. The molecule has 0 aliphatic rings. The normalized spacial score (nSPS) is 10.7. The van der Waals surface area contributed by atoms with E-state index in [4.69, 9.17) is 11.2 Å². The Bertz CT molecular complexity index is 1480. The van der Waals surface area contributed by atoms with Crippen LogP contribution in [0.25, 0.3) is 16.9 Å². The average Bonchev–Trinajstić information content (AvgIpc) is 3.30. The summed E-state index contributed by atoms with van der Waals surface area (Å²) in [5.74, 6) is 2.85. The van der Waals surface area contributed by atoms with Gasteiger partial charge >= 0.3 is 0 Å². The van der Waals surface area contributed by atoms with Gasteiger partial charge < -0.3 is 9.30 Å². The molecule has 5 nitrogen and oxygen atoms in total. The molecule has 37 heavy (non-hydrogen) atoms. The smallest absolute Gasteiger partial charge is 0.271 e. The molecule has 3 aromatic carbocycles. The van der Waals surface area contributed by atoms with E-state index in [9.17, 15) is 4.79 Å². The Morgan fingerprint density at radius 1 is 1.14 bits per heavy atom. The number of ether oxygens (including phenoxy) is 1. The fourth-order valence-electron chi connectivity index (χ4n) is 4.04. The molecule has 184 valence electrons. The molecule has 0 radical (unpaired) electrons. The van der Waals surface area contributed by atoms with E-state index in [0.29, 0.717) is 17.7 Å². The highest BCUT2D eigenvalue weighted by Crippen LogP contribution is 2.31. The van der Waals surface area contributed by atoms with Crippen LogP contribution in [0.15, 0.2) is 101 Å². The number of amides is 1. The van der Waals surface area contributed by atoms with Crippen LogP contribution in [0, 0.1) is 19.3 Å². The first-order valence-corrected chi connectivity index (χ1v) is 12.5. The Morgan fingerprint density at radius 3 is 2.59 bits per heavy atom. The van der Waals surface area contributed by atoms with Crippen molar-refractivity contribution in [3.8, 4) is 35.0 Å². The van der Waals surface area contributed by atoms with Crippen molar-refractivity contribution in [2.45, 2.75) is 13.3 Å².